The summed E-state index contributed by atoms with van der Waals surface area (Å²) in [5.41, 5.74) is 0.585. The topological polar surface area (TPSA) is 32.3 Å². The van der Waals surface area contributed by atoms with Gasteiger partial charge in [-0.25, -0.2) is 4.39 Å². The molecule has 0 bridgehead atoms. The molecule has 0 radical (unpaired) electrons. The molecule has 0 aromatic heterocycles. The van der Waals surface area contributed by atoms with Crippen LogP contribution in [0, 0.1) is 11.2 Å². The second kappa shape index (κ2) is 6.10. The van der Waals surface area contributed by atoms with Crippen molar-refractivity contribution in [1.29, 1.82) is 0 Å². The number of benzene rings is 1. The molecule has 1 aromatic carbocycles. The first-order valence-corrected chi connectivity index (χ1v) is 7.00. The highest BCUT2D eigenvalue weighted by molar-refractivity contribution is 5.98. The Morgan fingerprint density at radius 2 is 1.85 bits per heavy atom. The van der Waals surface area contributed by atoms with Crippen LogP contribution in [0.3, 0.4) is 0 Å². The van der Waals surface area contributed by atoms with Gasteiger partial charge in [-0.1, -0.05) is 0 Å². The van der Waals surface area contributed by atoms with Crippen molar-refractivity contribution in [3.05, 3.63) is 30.1 Å². The number of anilines is 1. The highest BCUT2D eigenvalue weighted by atomic mass is 35.5. The normalized spacial score (nSPS) is 26.4. The van der Waals surface area contributed by atoms with Gasteiger partial charge in [0.25, 0.3) is 0 Å². The van der Waals surface area contributed by atoms with Gasteiger partial charge in [0.15, 0.2) is 0 Å². The number of hydrogen-bond donors (Lipinski definition) is 1. The Kier molecular flexibility index (Phi) is 4.66. The van der Waals surface area contributed by atoms with Crippen LogP contribution < -0.4 is 10.2 Å². The second-order valence-electron chi connectivity index (χ2n) is 5.60. The summed E-state index contributed by atoms with van der Waals surface area (Å²) >= 11 is 0. The Morgan fingerprint density at radius 3 is 2.50 bits per heavy atom. The molecule has 1 aromatic rings. The van der Waals surface area contributed by atoms with Crippen LogP contribution in [0.4, 0.5) is 10.1 Å². The van der Waals surface area contributed by atoms with Gasteiger partial charge >= 0.3 is 0 Å². The van der Waals surface area contributed by atoms with Crippen molar-refractivity contribution < 1.29 is 9.18 Å². The Hall–Kier alpha value is -1.13. The van der Waals surface area contributed by atoms with E-state index in [1.54, 1.807) is 12.1 Å². The van der Waals surface area contributed by atoms with E-state index in [4.69, 9.17) is 0 Å². The molecule has 3 rings (SSSR count). The highest BCUT2D eigenvalue weighted by Crippen LogP contribution is 2.38. The minimum Gasteiger partial charge on any atom is -0.316 e. The van der Waals surface area contributed by atoms with Gasteiger partial charge in [-0.15, -0.1) is 12.4 Å². The largest absolute Gasteiger partial charge is 0.316 e. The monoisotopic (exact) mass is 298 g/mol. The lowest BCUT2D eigenvalue weighted by Gasteiger charge is -2.44. The molecule has 5 heteroatoms. The summed E-state index contributed by atoms with van der Waals surface area (Å²) in [6.07, 6.45) is 4.01. The zero-order valence-electron chi connectivity index (χ0n) is 11.4. The fraction of sp³-hybridized carbons (Fsp3) is 0.533. The number of nitrogens with one attached hydrogen (secondary N) is 1. The first-order chi connectivity index (χ1) is 9.21. The number of nitrogens with zero attached hydrogens (tertiary/aromatic N) is 1. The maximum absolute atomic E-state index is 13.0. The van der Waals surface area contributed by atoms with Crippen molar-refractivity contribution in [3.63, 3.8) is 0 Å². The number of rotatable bonds is 1. The lowest BCUT2D eigenvalue weighted by atomic mass is 9.73. The van der Waals surface area contributed by atoms with Crippen LogP contribution in [-0.2, 0) is 4.79 Å². The summed E-state index contributed by atoms with van der Waals surface area (Å²) in [5, 5.41) is 3.35. The van der Waals surface area contributed by atoms with Gasteiger partial charge in [-0.3, -0.25) is 4.79 Å². The Labute approximate surface area is 124 Å². The molecule has 3 nitrogen and oxygen atoms in total. The molecule has 110 valence electrons. The van der Waals surface area contributed by atoms with Crippen molar-refractivity contribution in [3.8, 4) is 0 Å². The van der Waals surface area contributed by atoms with Crippen molar-refractivity contribution in [2.24, 2.45) is 5.41 Å². The molecule has 1 amide bonds. The maximum Gasteiger partial charge on any atom is 0.234 e. The average Bonchev–Trinajstić information content (AvgIpc) is 2.44. The maximum atomic E-state index is 13.0. The minimum atomic E-state index is -0.262. The van der Waals surface area contributed by atoms with Gasteiger partial charge in [0.2, 0.25) is 5.91 Å². The van der Waals surface area contributed by atoms with Crippen LogP contribution in [0.25, 0.3) is 0 Å². The number of piperidine rings is 2. The molecule has 1 spiro atoms. The first-order valence-electron chi connectivity index (χ1n) is 7.00. The van der Waals surface area contributed by atoms with Crippen molar-refractivity contribution in [1.82, 2.24) is 5.32 Å². The summed E-state index contributed by atoms with van der Waals surface area (Å²) < 4.78 is 13.0. The Morgan fingerprint density at radius 1 is 1.15 bits per heavy atom. The van der Waals surface area contributed by atoms with E-state index in [9.17, 15) is 9.18 Å². The van der Waals surface area contributed by atoms with Gasteiger partial charge < -0.3 is 10.2 Å². The molecular weight excluding hydrogens is 279 g/mol. The third kappa shape index (κ3) is 2.67. The third-order valence-electron chi connectivity index (χ3n) is 4.35. The van der Waals surface area contributed by atoms with Crippen molar-refractivity contribution >= 4 is 24.0 Å². The summed E-state index contributed by atoms with van der Waals surface area (Å²) in [7, 11) is 0. The zero-order chi connectivity index (χ0) is 13.3. The number of carbonyl (C=O) groups is 1. The fourth-order valence-electron chi connectivity index (χ4n) is 3.30. The molecule has 0 saturated carbocycles. The van der Waals surface area contributed by atoms with E-state index < -0.39 is 0 Å². The molecule has 2 aliphatic rings. The number of hydrogen-bond acceptors (Lipinski definition) is 2. The van der Waals surface area contributed by atoms with Gasteiger partial charge in [0.1, 0.15) is 5.82 Å². The van der Waals surface area contributed by atoms with Crippen LogP contribution >= 0.6 is 12.4 Å². The van der Waals surface area contributed by atoms with E-state index in [-0.39, 0.29) is 29.5 Å². The quantitative estimate of drug-likeness (QED) is 0.864. The molecule has 1 N–H and O–H groups in total. The van der Waals surface area contributed by atoms with Crippen LogP contribution in [0.2, 0.25) is 0 Å². The molecular formula is C15H20ClFN2O. The van der Waals surface area contributed by atoms with E-state index in [0.29, 0.717) is 0 Å². The van der Waals surface area contributed by atoms with E-state index in [2.05, 4.69) is 5.32 Å². The second-order valence-corrected chi connectivity index (χ2v) is 5.60. The SMILES string of the molecule is Cl.O=C1N(c2ccc(F)cc2)CCCC12CCCNC2. The van der Waals surface area contributed by atoms with Crippen LogP contribution in [0.5, 0.6) is 0 Å². The lowest BCUT2D eigenvalue weighted by molar-refractivity contribution is -0.131. The van der Waals surface area contributed by atoms with E-state index in [1.165, 1.54) is 12.1 Å². The van der Waals surface area contributed by atoms with E-state index >= 15 is 0 Å². The molecule has 1 atom stereocenters. The standard InChI is InChI=1S/C15H19FN2O.ClH/c16-12-3-5-13(6-4-12)18-10-2-8-15(14(18)19)7-1-9-17-11-15;/h3-6,17H,1-2,7-11H2;1H. The van der Waals surface area contributed by atoms with Crippen molar-refractivity contribution in [2.45, 2.75) is 25.7 Å². The number of carbonyl (C=O) groups excluding carboxylic acids is 1. The molecule has 2 saturated heterocycles. The van der Waals surface area contributed by atoms with Crippen LogP contribution in [0.1, 0.15) is 25.7 Å². The first kappa shape index (κ1) is 15.3. The highest BCUT2D eigenvalue weighted by Gasteiger charge is 2.44. The number of amides is 1. The summed E-state index contributed by atoms with van der Waals surface area (Å²) in [6, 6.07) is 6.23. The summed E-state index contributed by atoms with van der Waals surface area (Å²) in [6.45, 7) is 2.53. The zero-order valence-corrected chi connectivity index (χ0v) is 12.2. The lowest BCUT2D eigenvalue weighted by Crippen LogP contribution is -2.55. The fourth-order valence-corrected chi connectivity index (χ4v) is 3.30. The summed E-state index contributed by atoms with van der Waals surface area (Å²) in [4.78, 5) is 14.6. The molecule has 2 aliphatic heterocycles. The Balaban J connectivity index is 0.00000147. The molecule has 20 heavy (non-hydrogen) atoms. The smallest absolute Gasteiger partial charge is 0.234 e. The number of halogens is 2. The van der Waals surface area contributed by atoms with Crippen molar-refractivity contribution in [2.75, 3.05) is 24.5 Å². The average molecular weight is 299 g/mol. The van der Waals surface area contributed by atoms with E-state index in [1.807, 2.05) is 4.90 Å². The Bertz CT molecular complexity index is 466. The van der Waals surface area contributed by atoms with Gasteiger partial charge in [-0.2, -0.15) is 0 Å². The molecule has 1 unspecified atom stereocenters. The summed E-state index contributed by atoms with van der Waals surface area (Å²) in [5.74, 6) is -0.0557. The third-order valence-corrected chi connectivity index (χ3v) is 4.35. The minimum absolute atomic E-state index is 0. The molecule has 2 heterocycles. The van der Waals surface area contributed by atoms with Crippen LogP contribution in [-0.4, -0.2) is 25.5 Å². The predicted octanol–water partition coefficient (Wildman–Crippen LogP) is 2.74. The van der Waals surface area contributed by atoms with Gasteiger partial charge in [0, 0.05) is 18.8 Å². The van der Waals surface area contributed by atoms with Gasteiger partial charge in [0.05, 0.1) is 5.41 Å². The van der Waals surface area contributed by atoms with E-state index in [0.717, 1.165) is 51.0 Å². The molecule has 2 fully saturated rings. The predicted molar refractivity (Wildman–Crippen MR) is 79.8 cm³/mol. The van der Waals surface area contributed by atoms with Crippen LogP contribution in [0.15, 0.2) is 24.3 Å². The molecule has 0 aliphatic carbocycles. The van der Waals surface area contributed by atoms with Gasteiger partial charge in [-0.05, 0) is 56.5 Å².